The van der Waals surface area contributed by atoms with E-state index in [-0.39, 0.29) is 41.7 Å². The van der Waals surface area contributed by atoms with Crippen molar-refractivity contribution >= 4 is 43.5 Å². The maximum atomic E-state index is 9.92. The molecule has 2 rings (SSSR count). The SMILES string of the molecule is CCCCCCCCC(CCCCCC)OCNc1cc(C(C)(C)C)c(OOPN(C)c2cc(Cl)c(O)c(Cl)c2)c(C(C)(C)C)c1. The summed E-state index contributed by atoms with van der Waals surface area (Å²) >= 11 is 12.3. The smallest absolute Gasteiger partial charge is 0.173 e. The number of benzene rings is 2. The van der Waals surface area contributed by atoms with Crippen LogP contribution in [0, 0.1) is 0 Å². The van der Waals surface area contributed by atoms with Gasteiger partial charge < -0.3 is 24.7 Å². The number of hydrogen-bond acceptors (Lipinski definition) is 6. The van der Waals surface area contributed by atoms with Gasteiger partial charge in [0.15, 0.2) is 20.5 Å². The predicted molar refractivity (Wildman–Crippen MR) is 201 cm³/mol. The lowest BCUT2D eigenvalue weighted by Crippen LogP contribution is -2.22. The number of phenols is 1. The summed E-state index contributed by atoms with van der Waals surface area (Å²) in [6.45, 7) is 18.1. The van der Waals surface area contributed by atoms with Crippen molar-refractivity contribution in [2.75, 3.05) is 23.8 Å². The molecule has 0 radical (unpaired) electrons. The van der Waals surface area contributed by atoms with Crippen molar-refractivity contribution in [1.82, 2.24) is 0 Å². The molecular weight excluding hydrogens is 638 g/mol. The summed E-state index contributed by atoms with van der Waals surface area (Å²) in [6, 6.07) is 7.61. The van der Waals surface area contributed by atoms with Crippen molar-refractivity contribution in [3.05, 3.63) is 45.4 Å². The van der Waals surface area contributed by atoms with Crippen LogP contribution in [-0.2, 0) is 20.2 Å². The van der Waals surface area contributed by atoms with E-state index in [1.165, 1.54) is 64.2 Å². The van der Waals surface area contributed by atoms with Crippen LogP contribution in [0.2, 0.25) is 10.0 Å². The molecule has 0 bridgehead atoms. The Morgan fingerprint density at radius 2 is 1.26 bits per heavy atom. The largest absolute Gasteiger partial charge is 0.505 e. The number of rotatable bonds is 21. The molecule has 0 heterocycles. The van der Waals surface area contributed by atoms with Crippen LogP contribution in [0.1, 0.15) is 144 Å². The number of ether oxygens (including phenoxy) is 1. The highest BCUT2D eigenvalue weighted by molar-refractivity contribution is 7.34. The maximum absolute atomic E-state index is 9.92. The molecule has 2 aromatic carbocycles. The minimum atomic E-state index is -0.205. The highest BCUT2D eigenvalue weighted by Crippen LogP contribution is 2.44. The van der Waals surface area contributed by atoms with Crippen molar-refractivity contribution in [3.63, 3.8) is 0 Å². The monoisotopic (exact) mass is 698 g/mol. The van der Waals surface area contributed by atoms with Crippen LogP contribution in [0.5, 0.6) is 11.5 Å². The molecule has 0 spiro atoms. The molecule has 6 nitrogen and oxygen atoms in total. The van der Waals surface area contributed by atoms with Gasteiger partial charge in [0.2, 0.25) is 0 Å². The van der Waals surface area contributed by atoms with Crippen LogP contribution in [-0.4, -0.2) is 25.0 Å². The molecule has 2 N–H and O–H groups in total. The van der Waals surface area contributed by atoms with Gasteiger partial charge in [-0.1, -0.05) is 143 Å². The highest BCUT2D eigenvalue weighted by Gasteiger charge is 2.29. The average Bonchev–Trinajstić information content (AvgIpc) is 2.98. The van der Waals surface area contributed by atoms with Gasteiger partial charge in [0, 0.05) is 29.5 Å². The Morgan fingerprint density at radius 1 is 0.783 bits per heavy atom. The number of nitrogens with zero attached hydrogens (tertiary/aromatic N) is 1. The number of aromatic hydroxyl groups is 1. The van der Waals surface area contributed by atoms with Crippen LogP contribution < -0.4 is 14.9 Å². The first-order chi connectivity index (χ1) is 21.7. The first-order valence-electron chi connectivity index (χ1n) is 17.2. The second-order valence-corrected chi connectivity index (χ2v) is 16.3. The first-order valence-corrected chi connectivity index (χ1v) is 18.9. The Balaban J connectivity index is 2.17. The van der Waals surface area contributed by atoms with Crippen molar-refractivity contribution < 1.29 is 19.4 Å². The molecule has 0 aromatic heterocycles. The molecule has 262 valence electrons. The molecular formula is C37H61Cl2N2O4P. The number of unbranched alkanes of at least 4 members (excludes halogenated alkanes) is 8. The van der Waals surface area contributed by atoms with Crippen molar-refractivity contribution in [2.45, 2.75) is 149 Å². The summed E-state index contributed by atoms with van der Waals surface area (Å²) in [7, 11) is 1.68. The second kappa shape index (κ2) is 20.2. The van der Waals surface area contributed by atoms with Crippen molar-refractivity contribution in [2.24, 2.45) is 0 Å². The quantitative estimate of drug-likeness (QED) is 0.0445. The van der Waals surface area contributed by atoms with Gasteiger partial charge in [-0.15, -0.1) is 4.67 Å². The van der Waals surface area contributed by atoms with Gasteiger partial charge in [0.1, 0.15) is 6.73 Å². The maximum Gasteiger partial charge on any atom is 0.173 e. The third-order valence-electron chi connectivity index (χ3n) is 8.25. The Labute approximate surface area is 292 Å². The van der Waals surface area contributed by atoms with Gasteiger partial charge in [-0.05, 0) is 47.9 Å². The summed E-state index contributed by atoms with van der Waals surface area (Å²) in [4.78, 5) is 6.14. The molecule has 2 aromatic rings. The molecule has 0 fully saturated rings. The van der Waals surface area contributed by atoms with Gasteiger partial charge in [-0.3, -0.25) is 0 Å². The zero-order chi connectivity index (χ0) is 34.3. The second-order valence-electron chi connectivity index (χ2n) is 14.5. The van der Waals surface area contributed by atoms with Crippen LogP contribution in [0.3, 0.4) is 0 Å². The lowest BCUT2D eigenvalue weighted by molar-refractivity contribution is -0.0873. The Morgan fingerprint density at radius 3 is 1.76 bits per heavy atom. The summed E-state index contributed by atoms with van der Waals surface area (Å²) in [6.07, 6.45) is 15.4. The fourth-order valence-electron chi connectivity index (χ4n) is 5.35. The molecule has 0 aliphatic heterocycles. The molecule has 46 heavy (non-hydrogen) atoms. The topological polar surface area (TPSA) is 63.2 Å². The zero-order valence-electron chi connectivity index (χ0n) is 30.0. The van der Waals surface area contributed by atoms with Gasteiger partial charge in [0.25, 0.3) is 0 Å². The first kappa shape index (κ1) is 40.7. The molecule has 2 atom stereocenters. The summed E-state index contributed by atoms with van der Waals surface area (Å²) in [5.74, 6) is 0.594. The van der Waals surface area contributed by atoms with E-state index in [2.05, 4.69) is 72.8 Å². The molecule has 0 saturated heterocycles. The highest BCUT2D eigenvalue weighted by atomic mass is 35.5. The molecule has 2 unspecified atom stereocenters. The molecule has 9 heteroatoms. The van der Waals surface area contributed by atoms with E-state index in [0.29, 0.717) is 12.4 Å². The number of phenolic OH excluding ortho intramolecular Hbond substituents is 1. The van der Waals surface area contributed by atoms with E-state index >= 15 is 0 Å². The predicted octanol–water partition coefficient (Wildman–Crippen LogP) is 12.7. The van der Waals surface area contributed by atoms with Crippen LogP contribution in [0.4, 0.5) is 11.4 Å². The van der Waals surface area contributed by atoms with E-state index in [1.54, 1.807) is 12.1 Å². The lowest BCUT2D eigenvalue weighted by Gasteiger charge is -2.30. The molecule has 0 aliphatic rings. The average molecular weight is 700 g/mol. The van der Waals surface area contributed by atoms with Gasteiger partial charge in [-0.2, -0.15) is 0 Å². The molecule has 0 saturated carbocycles. The number of anilines is 2. The molecule has 0 aliphatic carbocycles. The number of halogens is 2. The van der Waals surface area contributed by atoms with E-state index in [4.69, 9.17) is 37.5 Å². The fraction of sp³-hybridized carbons (Fsp3) is 0.676. The van der Waals surface area contributed by atoms with E-state index in [9.17, 15) is 5.11 Å². The third kappa shape index (κ3) is 14.0. The summed E-state index contributed by atoms with van der Waals surface area (Å²) < 4.78 is 14.2. The van der Waals surface area contributed by atoms with E-state index in [1.807, 2.05) is 11.7 Å². The van der Waals surface area contributed by atoms with Crippen molar-refractivity contribution in [3.8, 4) is 11.5 Å². The van der Waals surface area contributed by atoms with Crippen LogP contribution in [0.25, 0.3) is 0 Å². The minimum absolute atomic E-state index is 0.134. The zero-order valence-corrected chi connectivity index (χ0v) is 32.5. The minimum Gasteiger partial charge on any atom is -0.505 e. The van der Waals surface area contributed by atoms with E-state index in [0.717, 1.165) is 35.4 Å². The number of hydrogen-bond donors (Lipinski definition) is 2. The number of nitrogens with one attached hydrogen (secondary N) is 1. The van der Waals surface area contributed by atoms with Gasteiger partial charge in [-0.25, -0.2) is 0 Å². The Bertz CT molecular complexity index is 1120. The van der Waals surface area contributed by atoms with Gasteiger partial charge >= 0.3 is 0 Å². The van der Waals surface area contributed by atoms with Crippen molar-refractivity contribution in [1.29, 1.82) is 0 Å². The van der Waals surface area contributed by atoms with Crippen LogP contribution >= 0.6 is 32.2 Å². The Kier molecular flexibility index (Phi) is 17.9. The lowest BCUT2D eigenvalue weighted by atomic mass is 9.79. The summed E-state index contributed by atoms with van der Waals surface area (Å²) in [5, 5.41) is 13.9. The molecule has 0 amide bonds. The van der Waals surface area contributed by atoms with E-state index < -0.39 is 0 Å². The normalized spacial score (nSPS) is 13.0. The fourth-order valence-corrected chi connectivity index (χ4v) is 6.30. The summed E-state index contributed by atoms with van der Waals surface area (Å²) in [5.41, 5.74) is 3.41. The third-order valence-corrected chi connectivity index (χ3v) is 9.51. The Hall–Kier alpha value is -1.43. The van der Waals surface area contributed by atoms with Gasteiger partial charge in [0.05, 0.1) is 16.1 Å². The standard InChI is InChI=1S/C37H61Cl2N2O4P/c1-10-12-14-16-17-19-21-29(20-18-15-13-11-2)43-26-40-27-22-30(36(3,4)5)35(31(23-27)37(6,7)8)44-45-46-41(9)28-24-32(38)34(42)33(39)25-28/h22-25,29,40,42,46H,10-21,26H2,1-9H3. The van der Waals surface area contributed by atoms with Crippen LogP contribution in [0.15, 0.2) is 24.3 Å².